The second-order valence-corrected chi connectivity index (χ2v) is 4.30. The highest BCUT2D eigenvalue weighted by molar-refractivity contribution is 5.97. The normalized spacial score (nSPS) is 10.6. The summed E-state index contributed by atoms with van der Waals surface area (Å²) in [5, 5.41) is 32.3. The molecule has 7 heteroatoms. The van der Waals surface area contributed by atoms with Gasteiger partial charge in [-0.25, -0.2) is 5.43 Å². The van der Waals surface area contributed by atoms with Crippen LogP contribution in [-0.4, -0.2) is 34.6 Å². The number of amides is 1. The number of nitrogens with zero attached hydrogens (tertiary/aromatic N) is 1. The predicted molar refractivity (Wildman–Crippen MR) is 79.5 cm³/mol. The van der Waals surface area contributed by atoms with Gasteiger partial charge in [-0.3, -0.25) is 4.79 Å². The van der Waals surface area contributed by atoms with E-state index in [1.54, 1.807) is 18.2 Å². The Morgan fingerprint density at radius 3 is 2.68 bits per heavy atom. The number of aromatic hydroxyl groups is 3. The van der Waals surface area contributed by atoms with Crippen LogP contribution in [0.3, 0.4) is 0 Å². The first-order chi connectivity index (χ1) is 10.5. The average molecular weight is 302 g/mol. The summed E-state index contributed by atoms with van der Waals surface area (Å²) in [6.45, 7) is 0. The quantitative estimate of drug-likeness (QED) is 0.506. The number of methoxy groups -OCH3 is 1. The molecular weight excluding hydrogens is 288 g/mol. The standard InChI is InChI=1S/C15H14N2O5/c1-22-13-4-2-3-9(14(13)20)8-16-17-15(21)11-6-5-10(18)7-12(11)19/h2-8,18-20H,1H3,(H,17,21). The van der Waals surface area contributed by atoms with E-state index in [0.29, 0.717) is 5.56 Å². The molecule has 0 aliphatic rings. The van der Waals surface area contributed by atoms with Gasteiger partial charge in [-0.15, -0.1) is 0 Å². The fourth-order valence-electron chi connectivity index (χ4n) is 1.74. The molecule has 0 radical (unpaired) electrons. The number of phenols is 3. The van der Waals surface area contributed by atoms with Crippen LogP contribution in [0, 0.1) is 0 Å². The molecule has 2 aromatic rings. The maximum atomic E-state index is 11.8. The van der Waals surface area contributed by atoms with Crippen LogP contribution in [0.15, 0.2) is 41.5 Å². The summed E-state index contributed by atoms with van der Waals surface area (Å²) < 4.78 is 4.95. The number of carbonyl (C=O) groups is 1. The van der Waals surface area contributed by atoms with Crippen LogP contribution >= 0.6 is 0 Å². The first kappa shape index (κ1) is 15.2. The molecule has 0 aromatic heterocycles. The van der Waals surface area contributed by atoms with E-state index in [4.69, 9.17) is 9.84 Å². The van der Waals surface area contributed by atoms with Crippen molar-refractivity contribution in [3.63, 3.8) is 0 Å². The molecule has 0 heterocycles. The number of carbonyl (C=O) groups excluding carboxylic acids is 1. The van der Waals surface area contributed by atoms with Crippen molar-refractivity contribution in [2.75, 3.05) is 7.11 Å². The second-order valence-electron chi connectivity index (χ2n) is 4.30. The average Bonchev–Trinajstić information content (AvgIpc) is 2.48. The number of phenolic OH excluding ortho intramolecular Hbond substituents is 3. The van der Waals surface area contributed by atoms with Gasteiger partial charge in [-0.2, -0.15) is 5.10 Å². The smallest absolute Gasteiger partial charge is 0.275 e. The van der Waals surface area contributed by atoms with Crippen LogP contribution in [0.1, 0.15) is 15.9 Å². The van der Waals surface area contributed by atoms with Crippen LogP contribution in [0.4, 0.5) is 0 Å². The molecule has 0 aliphatic carbocycles. The molecule has 0 spiro atoms. The molecule has 0 saturated heterocycles. The zero-order valence-corrected chi connectivity index (χ0v) is 11.6. The van der Waals surface area contributed by atoms with Crippen molar-refractivity contribution in [1.82, 2.24) is 5.43 Å². The summed E-state index contributed by atoms with van der Waals surface area (Å²) in [5.41, 5.74) is 2.53. The van der Waals surface area contributed by atoms with Crippen molar-refractivity contribution in [3.05, 3.63) is 47.5 Å². The van der Waals surface area contributed by atoms with E-state index in [1.165, 1.54) is 25.5 Å². The lowest BCUT2D eigenvalue weighted by Gasteiger charge is -2.05. The summed E-state index contributed by atoms with van der Waals surface area (Å²) in [6, 6.07) is 8.41. The first-order valence-electron chi connectivity index (χ1n) is 6.24. The Morgan fingerprint density at radius 2 is 2.00 bits per heavy atom. The molecule has 4 N–H and O–H groups in total. The number of benzene rings is 2. The molecule has 7 nitrogen and oxygen atoms in total. The fraction of sp³-hybridized carbons (Fsp3) is 0.0667. The molecule has 0 aliphatic heterocycles. The van der Waals surface area contributed by atoms with Gasteiger partial charge in [0, 0.05) is 11.6 Å². The van der Waals surface area contributed by atoms with Gasteiger partial charge < -0.3 is 20.1 Å². The van der Waals surface area contributed by atoms with Crippen LogP contribution in [-0.2, 0) is 0 Å². The number of hydrogen-bond acceptors (Lipinski definition) is 6. The van der Waals surface area contributed by atoms with Crippen molar-refractivity contribution in [2.45, 2.75) is 0 Å². The van der Waals surface area contributed by atoms with Gasteiger partial charge in [0.25, 0.3) is 5.91 Å². The number of nitrogens with one attached hydrogen (secondary N) is 1. The van der Waals surface area contributed by atoms with Gasteiger partial charge in [0.1, 0.15) is 11.5 Å². The second kappa shape index (κ2) is 6.49. The molecule has 114 valence electrons. The number of hydrogen-bond donors (Lipinski definition) is 4. The highest BCUT2D eigenvalue weighted by Crippen LogP contribution is 2.28. The molecule has 0 saturated carbocycles. The molecule has 22 heavy (non-hydrogen) atoms. The van der Waals surface area contributed by atoms with E-state index < -0.39 is 5.91 Å². The lowest BCUT2D eigenvalue weighted by atomic mass is 10.2. The van der Waals surface area contributed by atoms with Crippen LogP contribution in [0.5, 0.6) is 23.0 Å². The highest BCUT2D eigenvalue weighted by atomic mass is 16.5. The topological polar surface area (TPSA) is 111 Å². The molecule has 2 rings (SSSR count). The van der Waals surface area contributed by atoms with Crippen molar-refractivity contribution >= 4 is 12.1 Å². The Kier molecular flexibility index (Phi) is 4.47. The lowest BCUT2D eigenvalue weighted by molar-refractivity contribution is 0.0952. The molecule has 0 fully saturated rings. The molecule has 2 aromatic carbocycles. The van der Waals surface area contributed by atoms with Crippen LogP contribution in [0.25, 0.3) is 0 Å². The monoisotopic (exact) mass is 302 g/mol. The van der Waals surface area contributed by atoms with Crippen molar-refractivity contribution < 1.29 is 24.9 Å². The Bertz CT molecular complexity index is 728. The third kappa shape index (κ3) is 3.26. The lowest BCUT2D eigenvalue weighted by Crippen LogP contribution is -2.17. The van der Waals surface area contributed by atoms with E-state index in [-0.39, 0.29) is 28.6 Å². The Hall–Kier alpha value is -3.22. The maximum absolute atomic E-state index is 11.8. The van der Waals surface area contributed by atoms with Gasteiger partial charge in [0.05, 0.1) is 18.9 Å². The van der Waals surface area contributed by atoms with Gasteiger partial charge >= 0.3 is 0 Å². The summed E-state index contributed by atoms with van der Waals surface area (Å²) in [4.78, 5) is 11.8. The molecular formula is C15H14N2O5. The molecule has 1 amide bonds. The van der Waals surface area contributed by atoms with E-state index in [0.717, 1.165) is 6.07 Å². The fourth-order valence-corrected chi connectivity index (χ4v) is 1.74. The van der Waals surface area contributed by atoms with Gasteiger partial charge in [-0.05, 0) is 24.3 Å². The van der Waals surface area contributed by atoms with Gasteiger partial charge in [-0.1, -0.05) is 6.07 Å². The summed E-state index contributed by atoms with van der Waals surface area (Å²) in [6.07, 6.45) is 1.24. The van der Waals surface area contributed by atoms with E-state index in [9.17, 15) is 15.0 Å². The van der Waals surface area contributed by atoms with Crippen molar-refractivity contribution in [1.29, 1.82) is 0 Å². The molecule has 0 bridgehead atoms. The largest absolute Gasteiger partial charge is 0.508 e. The number of para-hydroxylation sites is 1. The maximum Gasteiger partial charge on any atom is 0.275 e. The van der Waals surface area contributed by atoms with Gasteiger partial charge in [0.15, 0.2) is 11.5 Å². The Morgan fingerprint density at radius 1 is 1.23 bits per heavy atom. The van der Waals surface area contributed by atoms with E-state index >= 15 is 0 Å². The third-order valence-corrected chi connectivity index (χ3v) is 2.85. The predicted octanol–water partition coefficient (Wildman–Crippen LogP) is 1.58. The van der Waals surface area contributed by atoms with E-state index in [2.05, 4.69) is 10.5 Å². The van der Waals surface area contributed by atoms with E-state index in [1.807, 2.05) is 0 Å². The minimum absolute atomic E-state index is 0.0372. The molecule has 0 unspecified atom stereocenters. The summed E-state index contributed by atoms with van der Waals surface area (Å²) in [7, 11) is 1.42. The van der Waals surface area contributed by atoms with Gasteiger partial charge in [0.2, 0.25) is 0 Å². The summed E-state index contributed by atoms with van der Waals surface area (Å²) in [5.74, 6) is -0.992. The zero-order chi connectivity index (χ0) is 16.1. The van der Waals surface area contributed by atoms with Crippen LogP contribution in [0.2, 0.25) is 0 Å². The summed E-state index contributed by atoms with van der Waals surface area (Å²) >= 11 is 0. The minimum Gasteiger partial charge on any atom is -0.508 e. The number of ether oxygens (including phenoxy) is 1. The Labute approximate surface area is 126 Å². The van der Waals surface area contributed by atoms with Crippen molar-refractivity contribution in [3.8, 4) is 23.0 Å². The number of rotatable bonds is 4. The zero-order valence-electron chi connectivity index (χ0n) is 11.6. The van der Waals surface area contributed by atoms with Crippen LogP contribution < -0.4 is 10.2 Å². The third-order valence-electron chi connectivity index (χ3n) is 2.85. The Balaban J connectivity index is 2.11. The number of hydrazone groups is 1. The highest BCUT2D eigenvalue weighted by Gasteiger charge is 2.11. The first-order valence-corrected chi connectivity index (χ1v) is 6.24. The minimum atomic E-state index is -0.656. The SMILES string of the molecule is COc1cccc(C=NNC(=O)c2ccc(O)cc2O)c1O. The van der Waals surface area contributed by atoms with Crippen molar-refractivity contribution in [2.24, 2.45) is 5.10 Å². The molecule has 0 atom stereocenters.